The van der Waals surface area contributed by atoms with E-state index >= 15 is 0 Å². The topological polar surface area (TPSA) is 113 Å². The van der Waals surface area contributed by atoms with Crippen LogP contribution in [0.4, 0.5) is 5.69 Å². The Balaban J connectivity index is 2.87. The van der Waals surface area contributed by atoms with Gasteiger partial charge in [-0.25, -0.2) is 9.59 Å². The molecule has 0 spiro atoms. The number of benzene rings is 1. The summed E-state index contributed by atoms with van der Waals surface area (Å²) < 4.78 is 4.53. The minimum atomic E-state index is -1.29. The van der Waals surface area contributed by atoms with Crippen molar-refractivity contribution in [2.45, 2.75) is 12.5 Å². The van der Waals surface area contributed by atoms with E-state index in [1.807, 2.05) is 0 Å². The molecule has 0 fully saturated rings. The number of methoxy groups -OCH3 is 1. The van der Waals surface area contributed by atoms with Gasteiger partial charge in [0.2, 0.25) is 0 Å². The third kappa shape index (κ3) is 4.30. The van der Waals surface area contributed by atoms with Gasteiger partial charge in [-0.15, -0.1) is 0 Å². The van der Waals surface area contributed by atoms with Crippen LogP contribution in [0.1, 0.15) is 16.8 Å². The van der Waals surface area contributed by atoms with E-state index in [1.165, 1.54) is 31.4 Å². The third-order valence-electron chi connectivity index (χ3n) is 2.30. The van der Waals surface area contributed by atoms with Crippen molar-refractivity contribution < 1.29 is 29.3 Å². The molecule has 0 aliphatic rings. The van der Waals surface area contributed by atoms with E-state index < -0.39 is 30.4 Å². The van der Waals surface area contributed by atoms with Gasteiger partial charge in [0, 0.05) is 5.69 Å². The fourth-order valence-electron chi connectivity index (χ4n) is 1.43. The number of carboxylic acid groups (broad SMARTS) is 2. The second kappa shape index (κ2) is 6.39. The first-order chi connectivity index (χ1) is 8.93. The van der Waals surface area contributed by atoms with Crippen molar-refractivity contribution in [3.63, 3.8) is 0 Å². The lowest BCUT2D eigenvalue weighted by Crippen LogP contribution is -2.31. The molecule has 1 atom stereocenters. The van der Waals surface area contributed by atoms with Crippen molar-refractivity contribution in [2.24, 2.45) is 0 Å². The zero-order valence-electron chi connectivity index (χ0n) is 10.1. The normalized spacial score (nSPS) is 11.4. The number of esters is 1. The van der Waals surface area contributed by atoms with Crippen LogP contribution in [-0.4, -0.2) is 41.3 Å². The average molecular weight is 267 g/mol. The summed E-state index contributed by atoms with van der Waals surface area (Å²) in [6, 6.07) is 4.69. The number of carboxylic acids is 2. The van der Waals surface area contributed by atoms with E-state index in [2.05, 4.69) is 10.1 Å². The van der Waals surface area contributed by atoms with Crippen LogP contribution >= 0.6 is 0 Å². The Morgan fingerprint density at radius 1 is 1.32 bits per heavy atom. The van der Waals surface area contributed by atoms with Gasteiger partial charge in [-0.1, -0.05) is 6.07 Å². The van der Waals surface area contributed by atoms with Crippen LogP contribution in [0.5, 0.6) is 0 Å². The van der Waals surface area contributed by atoms with E-state index in [1.54, 1.807) is 0 Å². The first-order valence-corrected chi connectivity index (χ1v) is 5.33. The largest absolute Gasteiger partial charge is 0.481 e. The van der Waals surface area contributed by atoms with Crippen molar-refractivity contribution in [2.75, 3.05) is 12.4 Å². The molecule has 19 heavy (non-hydrogen) atoms. The average Bonchev–Trinajstić information content (AvgIpc) is 2.36. The summed E-state index contributed by atoms with van der Waals surface area (Å²) in [5.41, 5.74) is 0.573. The number of anilines is 1. The SMILES string of the molecule is COC(=O)c1cccc(NC(CC(=O)O)C(=O)O)c1. The number of nitrogens with one attached hydrogen (secondary N) is 1. The molecule has 0 aliphatic heterocycles. The van der Waals surface area contributed by atoms with Gasteiger partial charge >= 0.3 is 17.9 Å². The first-order valence-electron chi connectivity index (χ1n) is 5.33. The predicted octanol–water partition coefficient (Wildman–Crippen LogP) is 0.813. The van der Waals surface area contributed by atoms with E-state index in [0.717, 1.165) is 0 Å². The highest BCUT2D eigenvalue weighted by Crippen LogP contribution is 2.14. The van der Waals surface area contributed by atoms with Crippen LogP contribution in [0.15, 0.2) is 24.3 Å². The van der Waals surface area contributed by atoms with Crippen molar-refractivity contribution in [3.05, 3.63) is 29.8 Å². The molecule has 7 nitrogen and oxygen atoms in total. The van der Waals surface area contributed by atoms with Gasteiger partial charge in [0.25, 0.3) is 0 Å². The summed E-state index contributed by atoms with van der Waals surface area (Å²) >= 11 is 0. The predicted molar refractivity (Wildman–Crippen MR) is 65.1 cm³/mol. The number of hydrogen-bond donors (Lipinski definition) is 3. The quantitative estimate of drug-likeness (QED) is 0.653. The van der Waals surface area contributed by atoms with Crippen LogP contribution in [0, 0.1) is 0 Å². The molecule has 3 N–H and O–H groups in total. The third-order valence-corrected chi connectivity index (χ3v) is 2.30. The van der Waals surface area contributed by atoms with Crippen LogP contribution < -0.4 is 5.32 Å². The molecule has 1 rings (SSSR count). The number of rotatable bonds is 6. The van der Waals surface area contributed by atoms with Crippen LogP contribution in [0.3, 0.4) is 0 Å². The summed E-state index contributed by atoms with van der Waals surface area (Å²) in [4.78, 5) is 32.7. The van der Waals surface area contributed by atoms with Crippen molar-refractivity contribution >= 4 is 23.6 Å². The molecule has 0 saturated carbocycles. The second-order valence-electron chi connectivity index (χ2n) is 3.71. The van der Waals surface area contributed by atoms with E-state index in [0.29, 0.717) is 5.69 Å². The van der Waals surface area contributed by atoms with Gasteiger partial charge in [0.05, 0.1) is 19.1 Å². The monoisotopic (exact) mass is 267 g/mol. The highest BCUT2D eigenvalue weighted by Gasteiger charge is 2.21. The maximum absolute atomic E-state index is 11.3. The van der Waals surface area contributed by atoms with Crippen molar-refractivity contribution in [3.8, 4) is 0 Å². The van der Waals surface area contributed by atoms with Crippen LogP contribution in [-0.2, 0) is 14.3 Å². The minimum absolute atomic E-state index is 0.243. The molecule has 0 saturated heterocycles. The molecule has 0 radical (unpaired) electrons. The number of ether oxygens (including phenoxy) is 1. The fourth-order valence-corrected chi connectivity index (χ4v) is 1.43. The molecule has 102 valence electrons. The molecular weight excluding hydrogens is 254 g/mol. The Labute approximate surface area is 108 Å². The Morgan fingerprint density at radius 2 is 2.00 bits per heavy atom. The Hall–Kier alpha value is -2.57. The number of carbonyl (C=O) groups is 3. The van der Waals surface area contributed by atoms with E-state index in [4.69, 9.17) is 10.2 Å². The van der Waals surface area contributed by atoms with Gasteiger partial charge in [0.1, 0.15) is 6.04 Å². The molecule has 7 heteroatoms. The highest BCUT2D eigenvalue weighted by atomic mass is 16.5. The van der Waals surface area contributed by atoms with Gasteiger partial charge in [0.15, 0.2) is 0 Å². The van der Waals surface area contributed by atoms with E-state index in [9.17, 15) is 14.4 Å². The summed E-state index contributed by atoms with van der Waals surface area (Å²) in [6.45, 7) is 0. The molecule has 0 aliphatic carbocycles. The Kier molecular flexibility index (Phi) is 4.87. The lowest BCUT2D eigenvalue weighted by molar-refractivity contribution is -0.144. The lowest BCUT2D eigenvalue weighted by Gasteiger charge is -2.14. The molecule has 0 heterocycles. The standard InChI is InChI=1S/C12H13NO6/c1-19-12(18)7-3-2-4-8(5-7)13-9(11(16)17)6-10(14)15/h2-5,9,13H,6H2,1H3,(H,14,15)(H,16,17). The van der Waals surface area contributed by atoms with Crippen LogP contribution in [0.25, 0.3) is 0 Å². The molecule has 1 aromatic rings. The zero-order valence-corrected chi connectivity index (χ0v) is 10.1. The fraction of sp³-hybridized carbons (Fsp3) is 0.250. The lowest BCUT2D eigenvalue weighted by atomic mass is 10.1. The van der Waals surface area contributed by atoms with Crippen molar-refractivity contribution in [1.29, 1.82) is 0 Å². The van der Waals surface area contributed by atoms with Crippen LogP contribution in [0.2, 0.25) is 0 Å². The molecule has 0 amide bonds. The van der Waals surface area contributed by atoms with Gasteiger partial charge in [-0.3, -0.25) is 4.79 Å². The van der Waals surface area contributed by atoms with Crippen molar-refractivity contribution in [1.82, 2.24) is 0 Å². The smallest absolute Gasteiger partial charge is 0.337 e. The van der Waals surface area contributed by atoms with Gasteiger partial charge < -0.3 is 20.3 Å². The number of aliphatic carboxylic acids is 2. The molecule has 0 aromatic heterocycles. The minimum Gasteiger partial charge on any atom is -0.481 e. The summed E-state index contributed by atoms with van der Waals surface area (Å²) in [5.74, 6) is -3.08. The van der Waals surface area contributed by atoms with Gasteiger partial charge in [-0.2, -0.15) is 0 Å². The molecule has 0 bridgehead atoms. The van der Waals surface area contributed by atoms with Gasteiger partial charge in [-0.05, 0) is 18.2 Å². The number of hydrogen-bond acceptors (Lipinski definition) is 5. The summed E-state index contributed by atoms with van der Waals surface area (Å²) in [5, 5.41) is 20.0. The zero-order chi connectivity index (χ0) is 14.4. The summed E-state index contributed by atoms with van der Waals surface area (Å²) in [7, 11) is 1.23. The number of carbonyl (C=O) groups excluding carboxylic acids is 1. The second-order valence-corrected chi connectivity index (χ2v) is 3.71. The highest BCUT2D eigenvalue weighted by molar-refractivity contribution is 5.91. The summed E-state index contributed by atoms with van der Waals surface area (Å²) in [6.07, 6.45) is -0.572. The Bertz CT molecular complexity index is 499. The Morgan fingerprint density at radius 3 is 2.53 bits per heavy atom. The first kappa shape index (κ1) is 14.5. The molecule has 1 aromatic carbocycles. The maximum atomic E-state index is 11.3. The molecule has 1 unspecified atom stereocenters. The molecular formula is C12H13NO6. The van der Waals surface area contributed by atoms with E-state index in [-0.39, 0.29) is 5.56 Å². The maximum Gasteiger partial charge on any atom is 0.337 e.